The molecule has 0 aliphatic carbocycles. The van der Waals surface area contributed by atoms with E-state index in [1.165, 1.54) is 13.2 Å². The third-order valence-electron chi connectivity index (χ3n) is 2.54. The number of aromatic nitrogens is 1. The van der Waals surface area contributed by atoms with Gasteiger partial charge in [0, 0.05) is 6.07 Å². The normalized spacial score (nSPS) is 10.3. The summed E-state index contributed by atoms with van der Waals surface area (Å²) in [7, 11) is 1.43. The fraction of sp³-hybridized carbons (Fsp3) is 0.167. The van der Waals surface area contributed by atoms with Crippen LogP contribution in [0.25, 0.3) is 11.3 Å². The maximum Gasteiger partial charge on any atom is 0.358 e. The lowest BCUT2D eigenvalue weighted by Crippen LogP contribution is -1.94. The van der Waals surface area contributed by atoms with Crippen molar-refractivity contribution >= 4 is 5.97 Å². The van der Waals surface area contributed by atoms with Crippen LogP contribution >= 0.6 is 0 Å². The average molecular weight is 249 g/mol. The first-order valence-corrected chi connectivity index (χ1v) is 5.11. The molecule has 0 aliphatic heterocycles. The van der Waals surface area contributed by atoms with Crippen molar-refractivity contribution in [1.82, 2.24) is 5.16 Å². The molecule has 0 radical (unpaired) electrons. The summed E-state index contributed by atoms with van der Waals surface area (Å²) in [5.74, 6) is -0.833. The molecule has 2 rings (SSSR count). The van der Waals surface area contributed by atoms with Crippen LogP contribution in [0.1, 0.15) is 16.1 Å². The Balaban J connectivity index is 2.58. The Hall–Kier alpha value is -2.50. The van der Waals surface area contributed by atoms with E-state index in [0.29, 0.717) is 5.56 Å². The predicted octanol–water partition coefficient (Wildman–Crippen LogP) is 2.06. The minimum Gasteiger partial charge on any atom is -0.504 e. The third kappa shape index (κ3) is 1.88. The largest absolute Gasteiger partial charge is 0.504 e. The summed E-state index contributed by atoms with van der Waals surface area (Å²) in [5.41, 5.74) is 0.877. The standard InChI is InChI=1S/C12H11NO5/c1-6-3-4-8(17-2)11(14)10(6)9-5-7(12(15)16)13-18-9/h3-5,14H,1-2H3,(H,15,16). The van der Waals surface area contributed by atoms with Crippen LogP contribution in [0.5, 0.6) is 11.5 Å². The van der Waals surface area contributed by atoms with Gasteiger partial charge >= 0.3 is 5.97 Å². The van der Waals surface area contributed by atoms with Gasteiger partial charge in [0.2, 0.25) is 0 Å². The molecule has 1 aromatic carbocycles. The highest BCUT2D eigenvalue weighted by molar-refractivity contribution is 5.87. The van der Waals surface area contributed by atoms with E-state index in [9.17, 15) is 9.90 Å². The van der Waals surface area contributed by atoms with Crippen LogP contribution in [-0.4, -0.2) is 28.4 Å². The Morgan fingerprint density at radius 1 is 1.44 bits per heavy atom. The highest BCUT2D eigenvalue weighted by Gasteiger charge is 2.19. The fourth-order valence-electron chi connectivity index (χ4n) is 1.64. The van der Waals surface area contributed by atoms with Gasteiger partial charge in [0.05, 0.1) is 12.7 Å². The molecular formula is C12H11NO5. The molecule has 0 atom stereocenters. The highest BCUT2D eigenvalue weighted by Crippen LogP contribution is 2.39. The predicted molar refractivity (Wildman–Crippen MR) is 61.9 cm³/mol. The number of aromatic carboxylic acids is 1. The molecule has 0 saturated carbocycles. The van der Waals surface area contributed by atoms with E-state index in [0.717, 1.165) is 5.56 Å². The number of carboxylic acids is 1. The summed E-state index contributed by atoms with van der Waals surface area (Å²) in [5, 5.41) is 22.2. The Labute approximate surface area is 102 Å². The summed E-state index contributed by atoms with van der Waals surface area (Å²) in [6.45, 7) is 1.76. The second-order valence-electron chi connectivity index (χ2n) is 3.69. The highest BCUT2D eigenvalue weighted by atomic mass is 16.5. The minimum atomic E-state index is -1.19. The molecule has 18 heavy (non-hydrogen) atoms. The Morgan fingerprint density at radius 2 is 2.17 bits per heavy atom. The van der Waals surface area contributed by atoms with Gasteiger partial charge in [0.15, 0.2) is 23.0 Å². The first-order chi connectivity index (χ1) is 8.54. The van der Waals surface area contributed by atoms with E-state index in [-0.39, 0.29) is 23.0 Å². The second-order valence-corrected chi connectivity index (χ2v) is 3.69. The molecule has 0 saturated heterocycles. The number of aryl methyl sites for hydroxylation is 1. The van der Waals surface area contributed by atoms with E-state index in [2.05, 4.69) is 5.16 Å². The summed E-state index contributed by atoms with van der Waals surface area (Å²) < 4.78 is 9.91. The van der Waals surface area contributed by atoms with Crippen molar-refractivity contribution < 1.29 is 24.3 Å². The van der Waals surface area contributed by atoms with Crippen LogP contribution in [0.4, 0.5) is 0 Å². The number of methoxy groups -OCH3 is 1. The number of nitrogens with zero attached hydrogens (tertiary/aromatic N) is 1. The molecule has 0 amide bonds. The number of phenols is 1. The fourth-order valence-corrected chi connectivity index (χ4v) is 1.64. The number of hydrogen-bond acceptors (Lipinski definition) is 5. The third-order valence-corrected chi connectivity index (χ3v) is 2.54. The zero-order valence-corrected chi connectivity index (χ0v) is 9.80. The minimum absolute atomic E-state index is 0.106. The molecule has 0 bridgehead atoms. The number of benzene rings is 1. The summed E-state index contributed by atoms with van der Waals surface area (Å²) in [4.78, 5) is 10.7. The number of hydrogen-bond donors (Lipinski definition) is 2. The molecule has 6 nitrogen and oxygen atoms in total. The lowest BCUT2D eigenvalue weighted by Gasteiger charge is -2.09. The van der Waals surface area contributed by atoms with E-state index in [1.54, 1.807) is 19.1 Å². The lowest BCUT2D eigenvalue weighted by atomic mass is 10.0. The number of ether oxygens (including phenoxy) is 1. The number of rotatable bonds is 3. The number of aromatic hydroxyl groups is 1. The van der Waals surface area contributed by atoms with E-state index < -0.39 is 5.97 Å². The van der Waals surface area contributed by atoms with Crippen molar-refractivity contribution in [1.29, 1.82) is 0 Å². The summed E-state index contributed by atoms with van der Waals surface area (Å²) >= 11 is 0. The van der Waals surface area contributed by atoms with Gasteiger partial charge < -0.3 is 19.5 Å². The van der Waals surface area contributed by atoms with Crippen molar-refractivity contribution in [2.75, 3.05) is 7.11 Å². The van der Waals surface area contributed by atoms with Crippen LogP contribution in [0.3, 0.4) is 0 Å². The molecule has 94 valence electrons. The van der Waals surface area contributed by atoms with Crippen molar-refractivity contribution in [2.45, 2.75) is 6.92 Å². The van der Waals surface area contributed by atoms with Crippen molar-refractivity contribution in [3.8, 4) is 22.8 Å². The number of phenolic OH excluding ortho intramolecular Hbond substituents is 1. The SMILES string of the molecule is COc1ccc(C)c(-c2cc(C(=O)O)no2)c1O. The van der Waals surface area contributed by atoms with Gasteiger partial charge in [-0.05, 0) is 18.6 Å². The lowest BCUT2D eigenvalue weighted by molar-refractivity contribution is 0.0686. The quantitative estimate of drug-likeness (QED) is 0.864. The van der Waals surface area contributed by atoms with Crippen molar-refractivity contribution in [3.05, 3.63) is 29.5 Å². The van der Waals surface area contributed by atoms with Gasteiger partial charge in [-0.15, -0.1) is 0 Å². The zero-order valence-electron chi connectivity index (χ0n) is 9.80. The van der Waals surface area contributed by atoms with Crippen LogP contribution in [0.15, 0.2) is 22.7 Å². The average Bonchev–Trinajstić information content (AvgIpc) is 2.79. The van der Waals surface area contributed by atoms with Gasteiger partial charge in [0.1, 0.15) is 0 Å². The first kappa shape index (κ1) is 12.0. The van der Waals surface area contributed by atoms with Crippen LogP contribution in [-0.2, 0) is 0 Å². The molecule has 0 spiro atoms. The Bertz CT molecular complexity index is 603. The molecule has 2 aromatic rings. The van der Waals surface area contributed by atoms with Crippen LogP contribution < -0.4 is 4.74 Å². The molecule has 0 aliphatic rings. The monoisotopic (exact) mass is 249 g/mol. The van der Waals surface area contributed by atoms with Gasteiger partial charge in [-0.2, -0.15) is 0 Å². The smallest absolute Gasteiger partial charge is 0.358 e. The van der Waals surface area contributed by atoms with Gasteiger partial charge in [-0.3, -0.25) is 0 Å². The number of carbonyl (C=O) groups is 1. The maximum absolute atomic E-state index is 10.7. The Morgan fingerprint density at radius 3 is 2.72 bits per heavy atom. The maximum atomic E-state index is 10.7. The molecule has 1 heterocycles. The zero-order chi connectivity index (χ0) is 13.3. The molecular weight excluding hydrogens is 238 g/mol. The topological polar surface area (TPSA) is 92.8 Å². The first-order valence-electron chi connectivity index (χ1n) is 5.11. The molecule has 6 heteroatoms. The summed E-state index contributed by atoms with van der Waals surface area (Å²) in [6.07, 6.45) is 0. The van der Waals surface area contributed by atoms with Crippen molar-refractivity contribution in [2.24, 2.45) is 0 Å². The van der Waals surface area contributed by atoms with Gasteiger partial charge in [-0.25, -0.2) is 4.79 Å². The second kappa shape index (κ2) is 4.40. The molecule has 1 aromatic heterocycles. The van der Waals surface area contributed by atoms with Crippen LogP contribution in [0, 0.1) is 6.92 Å². The Kier molecular flexibility index (Phi) is 2.93. The molecule has 0 unspecified atom stereocenters. The number of carboxylic acid groups (broad SMARTS) is 1. The van der Waals surface area contributed by atoms with E-state index in [1.807, 2.05) is 0 Å². The van der Waals surface area contributed by atoms with Gasteiger partial charge in [-0.1, -0.05) is 11.2 Å². The van der Waals surface area contributed by atoms with Gasteiger partial charge in [0.25, 0.3) is 0 Å². The molecule has 0 fully saturated rings. The van der Waals surface area contributed by atoms with E-state index in [4.69, 9.17) is 14.4 Å². The van der Waals surface area contributed by atoms with Crippen molar-refractivity contribution in [3.63, 3.8) is 0 Å². The summed E-state index contributed by atoms with van der Waals surface area (Å²) in [6, 6.07) is 4.60. The van der Waals surface area contributed by atoms with Crippen LogP contribution in [0.2, 0.25) is 0 Å². The molecule has 2 N–H and O–H groups in total. The van der Waals surface area contributed by atoms with E-state index >= 15 is 0 Å².